The Kier molecular flexibility index (Phi) is 6.60. The minimum absolute atomic E-state index is 0.0130. The van der Waals surface area contributed by atoms with E-state index >= 15 is 0 Å². The highest BCUT2D eigenvalue weighted by Crippen LogP contribution is 2.19. The minimum atomic E-state index is -0.305. The maximum absolute atomic E-state index is 12.8. The summed E-state index contributed by atoms with van der Waals surface area (Å²) in [6.07, 6.45) is 1.66. The Bertz CT molecular complexity index is 660. The molecule has 1 aromatic carbocycles. The van der Waals surface area contributed by atoms with Crippen molar-refractivity contribution in [1.82, 2.24) is 19.7 Å². The van der Waals surface area contributed by atoms with E-state index in [9.17, 15) is 9.18 Å². The lowest BCUT2D eigenvalue weighted by Crippen LogP contribution is -2.32. The molecule has 1 heterocycles. The van der Waals surface area contributed by atoms with Gasteiger partial charge in [0, 0.05) is 13.1 Å². The first kappa shape index (κ1) is 18.3. The fourth-order valence-corrected chi connectivity index (χ4v) is 2.87. The third kappa shape index (κ3) is 5.23. The number of rotatable bonds is 8. The first-order chi connectivity index (χ1) is 11.5. The van der Waals surface area contributed by atoms with Gasteiger partial charge in [-0.1, -0.05) is 11.8 Å². The molecule has 0 aliphatic rings. The summed E-state index contributed by atoms with van der Waals surface area (Å²) in [5.74, 6) is 0.553. The molecule has 0 unspecified atom stereocenters. The zero-order chi connectivity index (χ0) is 17.5. The summed E-state index contributed by atoms with van der Waals surface area (Å²) in [5, 5.41) is 8.63. The number of thioether (sulfide) groups is 1. The van der Waals surface area contributed by atoms with Gasteiger partial charge in [-0.15, -0.1) is 10.2 Å². The Morgan fingerprint density at radius 2 is 2.08 bits per heavy atom. The van der Waals surface area contributed by atoms with Crippen LogP contribution >= 0.6 is 11.8 Å². The molecule has 1 amide bonds. The second-order valence-electron chi connectivity index (χ2n) is 5.52. The van der Waals surface area contributed by atoms with Gasteiger partial charge >= 0.3 is 0 Å². The molecule has 0 bridgehead atoms. The Labute approximate surface area is 145 Å². The van der Waals surface area contributed by atoms with Gasteiger partial charge in [0.25, 0.3) is 0 Å². The number of amides is 1. The summed E-state index contributed by atoms with van der Waals surface area (Å²) < 4.78 is 20.2. The molecule has 2 aromatic rings. The topological polar surface area (TPSA) is 60.2 Å². The van der Waals surface area contributed by atoms with Crippen LogP contribution in [0.5, 0.6) is 5.75 Å². The molecule has 0 saturated heterocycles. The molecule has 0 aliphatic heterocycles. The van der Waals surface area contributed by atoms with Gasteiger partial charge in [-0.05, 0) is 38.1 Å². The molecule has 0 fully saturated rings. The van der Waals surface area contributed by atoms with Crippen molar-refractivity contribution in [2.45, 2.75) is 25.0 Å². The van der Waals surface area contributed by atoms with Crippen LogP contribution in [0.1, 0.15) is 19.9 Å². The molecule has 6 nitrogen and oxygen atoms in total. The lowest BCUT2D eigenvalue weighted by atomic mass is 10.3. The number of carbonyl (C=O) groups excluding carboxylic acids is 1. The number of aromatic nitrogens is 3. The van der Waals surface area contributed by atoms with Crippen molar-refractivity contribution < 1.29 is 13.9 Å². The Balaban J connectivity index is 1.73. The van der Waals surface area contributed by atoms with E-state index in [1.54, 1.807) is 30.4 Å². The van der Waals surface area contributed by atoms with Crippen molar-refractivity contribution in [2.75, 3.05) is 26.0 Å². The normalized spacial score (nSPS) is 10.9. The van der Waals surface area contributed by atoms with E-state index in [1.165, 1.54) is 23.9 Å². The molecule has 2 rings (SSSR count). The predicted octanol–water partition coefficient (Wildman–Crippen LogP) is 2.63. The summed E-state index contributed by atoms with van der Waals surface area (Å²) in [6.45, 7) is 4.87. The van der Waals surface area contributed by atoms with Crippen LogP contribution in [-0.4, -0.2) is 51.5 Å². The molecule has 0 atom stereocenters. The van der Waals surface area contributed by atoms with Crippen LogP contribution < -0.4 is 4.74 Å². The second-order valence-corrected chi connectivity index (χ2v) is 6.46. The molecule has 0 aliphatic carbocycles. The smallest absolute Gasteiger partial charge is 0.232 e. The molecule has 24 heavy (non-hydrogen) atoms. The maximum Gasteiger partial charge on any atom is 0.232 e. The van der Waals surface area contributed by atoms with Crippen LogP contribution in [0, 0.1) is 5.82 Å². The molecule has 0 N–H and O–H groups in total. The van der Waals surface area contributed by atoms with E-state index in [2.05, 4.69) is 10.2 Å². The summed E-state index contributed by atoms with van der Waals surface area (Å²) in [4.78, 5) is 13.8. The van der Waals surface area contributed by atoms with E-state index < -0.39 is 0 Å². The highest BCUT2D eigenvalue weighted by molar-refractivity contribution is 7.99. The minimum Gasteiger partial charge on any atom is -0.492 e. The number of hydrogen-bond donors (Lipinski definition) is 0. The summed E-state index contributed by atoms with van der Waals surface area (Å²) in [7, 11) is 1.73. The van der Waals surface area contributed by atoms with E-state index in [-0.39, 0.29) is 17.8 Å². The van der Waals surface area contributed by atoms with Crippen molar-refractivity contribution in [3.63, 3.8) is 0 Å². The van der Waals surface area contributed by atoms with Crippen molar-refractivity contribution in [1.29, 1.82) is 0 Å². The van der Waals surface area contributed by atoms with E-state index in [1.807, 2.05) is 18.4 Å². The number of benzene rings is 1. The largest absolute Gasteiger partial charge is 0.492 e. The third-order valence-electron chi connectivity index (χ3n) is 3.36. The van der Waals surface area contributed by atoms with Crippen LogP contribution in [0.3, 0.4) is 0 Å². The number of likely N-dealkylation sites (N-methyl/N-ethyl adjacent to an activating group) is 1. The SMILES string of the molecule is CC(C)n1cnnc1SCC(=O)N(C)CCOc1ccc(F)cc1. The van der Waals surface area contributed by atoms with E-state index in [0.29, 0.717) is 24.7 Å². The fourth-order valence-electron chi connectivity index (χ4n) is 1.88. The Hall–Kier alpha value is -2.09. The van der Waals surface area contributed by atoms with E-state index in [0.717, 1.165) is 5.16 Å². The number of ether oxygens (including phenoxy) is 1. The first-order valence-corrected chi connectivity index (χ1v) is 8.60. The average Bonchev–Trinajstić information content (AvgIpc) is 3.03. The van der Waals surface area contributed by atoms with Crippen molar-refractivity contribution >= 4 is 17.7 Å². The summed E-state index contributed by atoms with van der Waals surface area (Å²) in [6, 6.07) is 6.05. The maximum atomic E-state index is 12.8. The van der Waals surface area contributed by atoms with Crippen molar-refractivity contribution in [2.24, 2.45) is 0 Å². The molecular formula is C16H21FN4O2S. The quantitative estimate of drug-likeness (QED) is 0.684. The predicted molar refractivity (Wildman–Crippen MR) is 90.7 cm³/mol. The zero-order valence-electron chi connectivity index (χ0n) is 14.0. The van der Waals surface area contributed by atoms with Crippen LogP contribution in [-0.2, 0) is 4.79 Å². The second kappa shape index (κ2) is 8.68. The van der Waals surface area contributed by atoms with Crippen LogP contribution in [0.15, 0.2) is 35.7 Å². The molecule has 0 spiro atoms. The Morgan fingerprint density at radius 3 is 2.75 bits per heavy atom. The molecular weight excluding hydrogens is 331 g/mol. The van der Waals surface area contributed by atoms with Crippen molar-refractivity contribution in [3.8, 4) is 5.75 Å². The van der Waals surface area contributed by atoms with Gasteiger partial charge in [-0.3, -0.25) is 4.79 Å². The monoisotopic (exact) mass is 352 g/mol. The Morgan fingerprint density at radius 1 is 1.38 bits per heavy atom. The number of carbonyl (C=O) groups is 1. The number of nitrogens with zero attached hydrogens (tertiary/aromatic N) is 4. The molecule has 8 heteroatoms. The molecule has 130 valence electrons. The van der Waals surface area contributed by atoms with Gasteiger partial charge in [0.15, 0.2) is 5.16 Å². The molecule has 0 saturated carbocycles. The highest BCUT2D eigenvalue weighted by Gasteiger charge is 2.13. The van der Waals surface area contributed by atoms with Crippen LogP contribution in [0.4, 0.5) is 4.39 Å². The van der Waals surface area contributed by atoms with E-state index in [4.69, 9.17) is 4.74 Å². The number of halogens is 1. The summed E-state index contributed by atoms with van der Waals surface area (Å²) in [5.41, 5.74) is 0. The van der Waals surface area contributed by atoms with Crippen LogP contribution in [0.2, 0.25) is 0 Å². The summed E-state index contributed by atoms with van der Waals surface area (Å²) >= 11 is 1.37. The third-order valence-corrected chi connectivity index (χ3v) is 4.30. The molecule has 0 radical (unpaired) electrons. The molecule has 1 aromatic heterocycles. The van der Waals surface area contributed by atoms with Gasteiger partial charge in [0.2, 0.25) is 5.91 Å². The van der Waals surface area contributed by atoms with Gasteiger partial charge in [-0.25, -0.2) is 4.39 Å². The standard InChI is InChI=1S/C16H21FN4O2S/c1-12(2)21-11-18-19-16(21)24-10-15(22)20(3)8-9-23-14-6-4-13(17)5-7-14/h4-7,11-12H,8-10H2,1-3H3. The lowest BCUT2D eigenvalue weighted by molar-refractivity contribution is -0.127. The lowest BCUT2D eigenvalue weighted by Gasteiger charge is -2.17. The zero-order valence-corrected chi connectivity index (χ0v) is 14.8. The number of hydrogen-bond acceptors (Lipinski definition) is 5. The van der Waals surface area contributed by atoms with Gasteiger partial charge in [0.05, 0.1) is 12.3 Å². The van der Waals surface area contributed by atoms with Crippen molar-refractivity contribution in [3.05, 3.63) is 36.4 Å². The average molecular weight is 352 g/mol. The van der Waals surface area contributed by atoms with Gasteiger partial charge < -0.3 is 14.2 Å². The fraction of sp³-hybridized carbons (Fsp3) is 0.438. The van der Waals surface area contributed by atoms with Gasteiger partial charge in [0.1, 0.15) is 24.5 Å². The van der Waals surface area contributed by atoms with Crippen LogP contribution in [0.25, 0.3) is 0 Å². The first-order valence-electron chi connectivity index (χ1n) is 7.62. The highest BCUT2D eigenvalue weighted by atomic mass is 32.2. The van der Waals surface area contributed by atoms with Gasteiger partial charge in [-0.2, -0.15) is 0 Å².